The van der Waals surface area contributed by atoms with Gasteiger partial charge in [0.05, 0.1) is 6.42 Å². The van der Waals surface area contributed by atoms with Crippen LogP contribution in [0.2, 0.25) is 0 Å². The van der Waals surface area contributed by atoms with E-state index in [9.17, 15) is 9.59 Å². The smallest absolute Gasteiger partial charge is 0.163 e. The van der Waals surface area contributed by atoms with Gasteiger partial charge in [0.25, 0.3) is 0 Å². The third-order valence-corrected chi connectivity index (χ3v) is 3.06. The number of aromatic hydroxyl groups is 2. The lowest BCUT2D eigenvalue weighted by Gasteiger charge is -1.95. The van der Waals surface area contributed by atoms with Crippen molar-refractivity contribution >= 4 is 23.7 Å². The lowest BCUT2D eigenvalue weighted by Crippen LogP contribution is -2.01. The number of hydrogen-bond acceptors (Lipinski definition) is 4. The molecule has 0 unspecified atom stereocenters. The number of carbonyl (C=O) groups excluding carboxylic acids is 2. The van der Waals surface area contributed by atoms with E-state index in [0.29, 0.717) is 0 Å². The summed E-state index contributed by atoms with van der Waals surface area (Å²) in [5, 5.41) is 18.3. The van der Waals surface area contributed by atoms with Crippen LogP contribution in [0.25, 0.3) is 12.2 Å². The summed E-state index contributed by atoms with van der Waals surface area (Å²) in [6.07, 6.45) is 5.68. The van der Waals surface area contributed by atoms with Crippen molar-refractivity contribution in [2.24, 2.45) is 0 Å². The molecule has 2 aromatic carbocycles. The Kier molecular flexibility index (Phi) is 9.27. The molecule has 0 atom stereocenters. The summed E-state index contributed by atoms with van der Waals surface area (Å²) in [4.78, 5) is 23.5. The molecule has 2 rings (SSSR count). The van der Waals surface area contributed by atoms with Gasteiger partial charge in [0.1, 0.15) is 11.5 Å². The fourth-order valence-corrected chi connectivity index (χ4v) is 1.84. The summed E-state index contributed by atoms with van der Waals surface area (Å²) in [5.74, 6) is -0.275. The Morgan fingerprint density at radius 2 is 1.00 bits per heavy atom. The molecular weight excluding hydrogens is 316 g/mol. The zero-order valence-electron chi connectivity index (χ0n) is 12.3. The van der Waals surface area contributed by atoms with Gasteiger partial charge >= 0.3 is 0 Å². The number of hydrogen-bond donors (Lipinski definition) is 2. The van der Waals surface area contributed by atoms with Crippen molar-refractivity contribution in [1.29, 1.82) is 0 Å². The fourth-order valence-electron chi connectivity index (χ4n) is 1.84. The van der Waals surface area contributed by atoms with Crippen LogP contribution in [0.5, 0.6) is 11.5 Å². The molecule has 0 aromatic heterocycles. The first kappa shape index (κ1) is 21.9. The number of ketones is 2. The molecule has 4 nitrogen and oxygen atoms in total. The van der Waals surface area contributed by atoms with Crippen LogP contribution in [0.4, 0.5) is 0 Å². The van der Waals surface area contributed by atoms with E-state index in [1.165, 1.54) is 36.4 Å². The molecule has 132 valence electrons. The van der Waals surface area contributed by atoms with Gasteiger partial charge in [0, 0.05) is 0 Å². The maximum atomic E-state index is 11.7. The van der Waals surface area contributed by atoms with Crippen molar-refractivity contribution in [3.05, 3.63) is 71.8 Å². The van der Waals surface area contributed by atoms with Gasteiger partial charge in [-0.15, -0.1) is 0 Å². The highest BCUT2D eigenvalue weighted by Gasteiger charge is 2.03. The van der Waals surface area contributed by atoms with Gasteiger partial charge in [-0.3, -0.25) is 9.59 Å². The molecular formula is C21H24O4. The van der Waals surface area contributed by atoms with E-state index in [-0.39, 0.29) is 44.3 Å². The molecule has 0 aliphatic carbocycles. The van der Waals surface area contributed by atoms with E-state index in [0.717, 1.165) is 11.1 Å². The van der Waals surface area contributed by atoms with E-state index in [2.05, 4.69) is 0 Å². The van der Waals surface area contributed by atoms with Crippen LogP contribution in [-0.2, 0) is 9.59 Å². The maximum Gasteiger partial charge on any atom is 0.163 e. The van der Waals surface area contributed by atoms with E-state index in [1.807, 2.05) is 0 Å². The average molecular weight is 340 g/mol. The second kappa shape index (κ2) is 10.6. The number of carbonyl (C=O) groups is 2. The van der Waals surface area contributed by atoms with Crippen LogP contribution in [0.15, 0.2) is 60.7 Å². The minimum absolute atomic E-state index is 0. The van der Waals surface area contributed by atoms with Crippen molar-refractivity contribution in [3.8, 4) is 11.5 Å². The first-order valence-corrected chi connectivity index (χ1v) is 7.03. The summed E-state index contributed by atoms with van der Waals surface area (Å²) in [6.45, 7) is 0. The van der Waals surface area contributed by atoms with Crippen molar-refractivity contribution in [2.45, 2.75) is 21.3 Å². The first-order valence-electron chi connectivity index (χ1n) is 7.03. The highest BCUT2D eigenvalue weighted by Crippen LogP contribution is 2.12. The highest BCUT2D eigenvalue weighted by atomic mass is 16.3. The first-order chi connectivity index (χ1) is 11.0. The van der Waals surface area contributed by atoms with Crippen molar-refractivity contribution in [3.63, 3.8) is 0 Å². The molecule has 0 spiro atoms. The molecule has 2 aromatic rings. The minimum Gasteiger partial charge on any atom is -0.508 e. The van der Waals surface area contributed by atoms with Gasteiger partial charge in [-0.25, -0.2) is 0 Å². The van der Waals surface area contributed by atoms with Crippen LogP contribution < -0.4 is 0 Å². The third kappa shape index (κ3) is 7.79. The molecule has 0 saturated heterocycles. The van der Waals surface area contributed by atoms with Gasteiger partial charge in [-0.2, -0.15) is 0 Å². The lowest BCUT2D eigenvalue weighted by molar-refractivity contribution is -0.121. The number of allylic oxidation sites excluding steroid dienone is 2. The second-order valence-electron chi connectivity index (χ2n) is 4.96. The van der Waals surface area contributed by atoms with E-state index < -0.39 is 0 Å². The van der Waals surface area contributed by atoms with Gasteiger partial charge in [-0.05, 0) is 47.5 Å². The van der Waals surface area contributed by atoms with Crippen molar-refractivity contribution in [1.82, 2.24) is 0 Å². The summed E-state index contributed by atoms with van der Waals surface area (Å²) in [5.41, 5.74) is 1.53. The summed E-state index contributed by atoms with van der Waals surface area (Å²) >= 11 is 0. The van der Waals surface area contributed by atoms with E-state index in [1.54, 1.807) is 36.4 Å². The molecule has 0 saturated carbocycles. The minimum atomic E-state index is -0.293. The average Bonchev–Trinajstić information content (AvgIpc) is 2.54. The Bertz CT molecular complexity index is 673. The monoisotopic (exact) mass is 340 g/mol. The Labute approximate surface area is 148 Å². The van der Waals surface area contributed by atoms with Crippen molar-refractivity contribution < 1.29 is 19.8 Å². The largest absolute Gasteiger partial charge is 0.508 e. The Morgan fingerprint density at radius 1 is 0.680 bits per heavy atom. The molecule has 2 N–H and O–H groups in total. The van der Waals surface area contributed by atoms with Gasteiger partial charge in [0.15, 0.2) is 11.6 Å². The van der Waals surface area contributed by atoms with Gasteiger partial charge in [0.2, 0.25) is 0 Å². The van der Waals surface area contributed by atoms with Crippen LogP contribution in [-0.4, -0.2) is 21.8 Å². The topological polar surface area (TPSA) is 74.6 Å². The molecule has 0 bridgehead atoms. The predicted molar refractivity (Wildman–Crippen MR) is 102 cm³/mol. The summed E-state index contributed by atoms with van der Waals surface area (Å²) in [6, 6.07) is 12.8. The number of benzene rings is 2. The molecule has 4 heteroatoms. The van der Waals surface area contributed by atoms with Crippen LogP contribution in [0.3, 0.4) is 0 Å². The second-order valence-corrected chi connectivity index (χ2v) is 4.96. The lowest BCUT2D eigenvalue weighted by atomic mass is 10.1. The Hall–Kier alpha value is -3.14. The zero-order valence-corrected chi connectivity index (χ0v) is 12.3. The van der Waals surface area contributed by atoms with Crippen molar-refractivity contribution in [2.75, 3.05) is 0 Å². The predicted octanol–water partition coefficient (Wildman–Crippen LogP) is 4.62. The number of phenols is 2. The zero-order chi connectivity index (χ0) is 16.7. The summed E-state index contributed by atoms with van der Waals surface area (Å²) in [7, 11) is 0. The van der Waals surface area contributed by atoms with E-state index in [4.69, 9.17) is 10.2 Å². The normalized spacial score (nSPS) is 10.2. The fraction of sp³-hybridized carbons (Fsp3) is 0.143. The standard InChI is InChI=1S/C19H16O4.2CH4/c20-16-7-1-14(2-8-16)5-11-18(22)13-19(23)12-6-15-3-9-17(21)10-4-15;;/h1-12,20-21H,13H2;2*1H4/b11-5+,12-6+;;. The molecule has 0 fully saturated rings. The van der Waals surface area contributed by atoms with Gasteiger partial charge < -0.3 is 10.2 Å². The molecule has 0 heterocycles. The molecule has 25 heavy (non-hydrogen) atoms. The molecule has 0 aliphatic heterocycles. The number of phenolic OH excluding ortho intramolecular Hbond substituents is 2. The quantitative estimate of drug-likeness (QED) is 0.594. The van der Waals surface area contributed by atoms with E-state index >= 15 is 0 Å². The molecule has 0 aliphatic rings. The van der Waals surface area contributed by atoms with Crippen LogP contribution in [0.1, 0.15) is 32.4 Å². The van der Waals surface area contributed by atoms with Crippen LogP contribution >= 0.6 is 0 Å². The Morgan fingerprint density at radius 3 is 1.32 bits per heavy atom. The molecule has 0 radical (unpaired) electrons. The highest BCUT2D eigenvalue weighted by molar-refractivity contribution is 6.10. The number of rotatable bonds is 6. The summed E-state index contributed by atoms with van der Waals surface area (Å²) < 4.78 is 0. The molecule has 0 amide bonds. The Balaban J connectivity index is 0.00000288. The third-order valence-electron chi connectivity index (χ3n) is 3.06. The maximum absolute atomic E-state index is 11.7. The van der Waals surface area contributed by atoms with Gasteiger partial charge in [-0.1, -0.05) is 51.3 Å². The SMILES string of the molecule is C.C.O=C(/C=C/c1ccc(O)cc1)CC(=O)/C=C/c1ccc(O)cc1. The van der Waals surface area contributed by atoms with Crippen LogP contribution in [0, 0.1) is 0 Å².